The first-order valence-electron chi connectivity index (χ1n) is 9.34. The molecular weight excluding hydrogens is 396 g/mol. The average molecular weight is 423 g/mol. The molecule has 0 saturated carbocycles. The summed E-state index contributed by atoms with van der Waals surface area (Å²) in [5, 5.41) is 5.71. The van der Waals surface area contributed by atoms with Crippen LogP contribution in [-0.4, -0.2) is 41.3 Å². The van der Waals surface area contributed by atoms with Gasteiger partial charge in [0.05, 0.1) is 5.01 Å². The summed E-state index contributed by atoms with van der Waals surface area (Å²) in [6.07, 6.45) is 2.07. The third-order valence-electron chi connectivity index (χ3n) is 4.87. The van der Waals surface area contributed by atoms with E-state index in [1.807, 2.05) is 31.2 Å². The summed E-state index contributed by atoms with van der Waals surface area (Å²) in [4.78, 5) is 31.2. The minimum Gasteiger partial charge on any atom is -0.352 e. The normalized spacial score (nSPS) is 14.4. The van der Waals surface area contributed by atoms with Crippen molar-refractivity contribution in [1.29, 1.82) is 0 Å². The SMILES string of the molecule is Cc1ccc(CNC(=O)C2CCN(C(=O)c3csc(CCN)n3)CC2)cc1.Cl. The number of likely N-dealkylation sites (tertiary alicyclic amines) is 1. The Morgan fingerprint density at radius 1 is 1.25 bits per heavy atom. The number of thiazole rings is 1. The smallest absolute Gasteiger partial charge is 0.273 e. The highest BCUT2D eigenvalue weighted by atomic mass is 35.5. The summed E-state index contributed by atoms with van der Waals surface area (Å²) in [6.45, 7) is 4.30. The summed E-state index contributed by atoms with van der Waals surface area (Å²) < 4.78 is 0. The largest absolute Gasteiger partial charge is 0.352 e. The number of hydrogen-bond donors (Lipinski definition) is 2. The number of aryl methyl sites for hydroxylation is 1. The van der Waals surface area contributed by atoms with Crippen molar-refractivity contribution in [3.8, 4) is 0 Å². The Bertz CT molecular complexity index is 786. The predicted octanol–water partition coefficient (Wildman–Crippen LogP) is 2.54. The quantitative estimate of drug-likeness (QED) is 0.748. The van der Waals surface area contributed by atoms with E-state index in [0.717, 1.165) is 10.6 Å². The van der Waals surface area contributed by atoms with E-state index in [2.05, 4.69) is 10.3 Å². The van der Waals surface area contributed by atoms with Gasteiger partial charge in [0, 0.05) is 37.4 Å². The molecule has 1 aromatic carbocycles. The first kappa shape index (κ1) is 22.3. The highest BCUT2D eigenvalue weighted by molar-refractivity contribution is 7.09. The van der Waals surface area contributed by atoms with Crippen molar-refractivity contribution in [2.24, 2.45) is 11.7 Å². The molecule has 2 heterocycles. The Morgan fingerprint density at radius 2 is 1.93 bits per heavy atom. The monoisotopic (exact) mass is 422 g/mol. The van der Waals surface area contributed by atoms with Gasteiger partial charge in [0.1, 0.15) is 5.69 Å². The van der Waals surface area contributed by atoms with Crippen LogP contribution in [0.4, 0.5) is 0 Å². The number of benzene rings is 1. The third-order valence-corrected chi connectivity index (χ3v) is 5.78. The van der Waals surface area contributed by atoms with Gasteiger partial charge < -0.3 is 16.0 Å². The van der Waals surface area contributed by atoms with Gasteiger partial charge in [0.25, 0.3) is 5.91 Å². The van der Waals surface area contributed by atoms with Gasteiger partial charge in [-0.05, 0) is 31.9 Å². The maximum absolute atomic E-state index is 12.6. The molecule has 1 fully saturated rings. The van der Waals surface area contributed by atoms with E-state index in [4.69, 9.17) is 5.73 Å². The van der Waals surface area contributed by atoms with Gasteiger partial charge in [0.2, 0.25) is 5.91 Å². The van der Waals surface area contributed by atoms with Crippen LogP contribution >= 0.6 is 23.7 Å². The molecule has 28 heavy (non-hydrogen) atoms. The van der Waals surface area contributed by atoms with Gasteiger partial charge in [-0.3, -0.25) is 9.59 Å². The molecule has 6 nitrogen and oxygen atoms in total. The molecule has 1 aromatic heterocycles. The lowest BCUT2D eigenvalue weighted by atomic mass is 9.95. The molecule has 2 amide bonds. The Labute approximate surface area is 175 Å². The van der Waals surface area contributed by atoms with Crippen molar-refractivity contribution in [3.05, 3.63) is 51.5 Å². The average Bonchev–Trinajstić information content (AvgIpc) is 3.16. The number of carbonyl (C=O) groups is 2. The second kappa shape index (κ2) is 10.5. The standard InChI is InChI=1S/C20H26N4O2S.ClH/c1-14-2-4-15(5-3-14)12-22-19(25)16-7-10-24(11-8-16)20(26)17-13-27-18(23-17)6-9-21;/h2-5,13,16H,6-12,21H2,1H3,(H,22,25);1H. The number of nitrogens with one attached hydrogen (secondary N) is 1. The number of nitrogens with two attached hydrogens (primary N) is 1. The van der Waals surface area contributed by atoms with Gasteiger partial charge in [0.15, 0.2) is 0 Å². The van der Waals surface area contributed by atoms with Gasteiger partial charge in [-0.1, -0.05) is 29.8 Å². The van der Waals surface area contributed by atoms with E-state index in [9.17, 15) is 9.59 Å². The van der Waals surface area contributed by atoms with E-state index in [1.54, 1.807) is 10.3 Å². The number of hydrogen-bond acceptors (Lipinski definition) is 5. The molecule has 0 radical (unpaired) electrons. The number of nitrogens with zero attached hydrogens (tertiary/aromatic N) is 2. The molecule has 152 valence electrons. The van der Waals surface area contributed by atoms with Crippen LogP contribution in [-0.2, 0) is 17.8 Å². The van der Waals surface area contributed by atoms with Crippen LogP contribution < -0.4 is 11.1 Å². The molecule has 1 aliphatic rings. The topological polar surface area (TPSA) is 88.3 Å². The molecule has 0 bridgehead atoms. The van der Waals surface area contributed by atoms with Crippen LogP contribution in [0.5, 0.6) is 0 Å². The second-order valence-electron chi connectivity index (χ2n) is 6.94. The summed E-state index contributed by atoms with van der Waals surface area (Å²) in [5.74, 6) is -0.0164. The summed E-state index contributed by atoms with van der Waals surface area (Å²) in [7, 11) is 0. The molecule has 1 aliphatic heterocycles. The van der Waals surface area contributed by atoms with Crippen molar-refractivity contribution < 1.29 is 9.59 Å². The molecule has 0 atom stereocenters. The van der Waals surface area contributed by atoms with Gasteiger partial charge in [-0.15, -0.1) is 23.7 Å². The lowest BCUT2D eigenvalue weighted by Crippen LogP contribution is -2.43. The summed E-state index contributed by atoms with van der Waals surface area (Å²) in [5.41, 5.74) is 8.33. The Balaban J connectivity index is 0.00000280. The number of carbonyl (C=O) groups excluding carboxylic acids is 2. The molecule has 1 saturated heterocycles. The second-order valence-corrected chi connectivity index (χ2v) is 7.88. The van der Waals surface area contributed by atoms with Crippen LogP contribution in [0.3, 0.4) is 0 Å². The minimum absolute atomic E-state index is 0. The Hall–Kier alpha value is -1.96. The van der Waals surface area contributed by atoms with E-state index < -0.39 is 0 Å². The van der Waals surface area contributed by atoms with Crippen molar-refractivity contribution in [2.45, 2.75) is 32.7 Å². The number of halogens is 1. The highest BCUT2D eigenvalue weighted by Gasteiger charge is 2.28. The van der Waals surface area contributed by atoms with Crippen molar-refractivity contribution in [3.63, 3.8) is 0 Å². The molecule has 3 N–H and O–H groups in total. The molecule has 0 unspecified atom stereocenters. The molecule has 2 aromatic rings. The molecular formula is C20H27ClN4O2S. The van der Waals surface area contributed by atoms with Gasteiger partial charge in [-0.2, -0.15) is 0 Å². The minimum atomic E-state index is -0.0481. The number of piperidine rings is 1. The lowest BCUT2D eigenvalue weighted by Gasteiger charge is -2.31. The van der Waals surface area contributed by atoms with E-state index in [-0.39, 0.29) is 30.1 Å². The zero-order valence-corrected chi connectivity index (χ0v) is 17.7. The van der Waals surface area contributed by atoms with Crippen molar-refractivity contribution in [1.82, 2.24) is 15.2 Å². The third kappa shape index (κ3) is 5.77. The van der Waals surface area contributed by atoms with Crippen LogP contribution in [0.1, 0.15) is 39.5 Å². The number of rotatable bonds is 6. The maximum atomic E-state index is 12.6. The van der Waals surface area contributed by atoms with Crippen molar-refractivity contribution >= 4 is 35.6 Å². The highest BCUT2D eigenvalue weighted by Crippen LogP contribution is 2.20. The van der Waals surface area contributed by atoms with Crippen molar-refractivity contribution in [2.75, 3.05) is 19.6 Å². The van der Waals surface area contributed by atoms with E-state index in [1.165, 1.54) is 16.9 Å². The van der Waals surface area contributed by atoms with Crippen LogP contribution in [0.15, 0.2) is 29.6 Å². The fourth-order valence-electron chi connectivity index (χ4n) is 3.19. The van der Waals surface area contributed by atoms with Crippen LogP contribution in [0.2, 0.25) is 0 Å². The zero-order valence-electron chi connectivity index (χ0n) is 16.0. The lowest BCUT2D eigenvalue weighted by molar-refractivity contribution is -0.126. The van der Waals surface area contributed by atoms with Gasteiger partial charge >= 0.3 is 0 Å². The Kier molecular flexibility index (Phi) is 8.41. The zero-order chi connectivity index (χ0) is 19.2. The number of aromatic nitrogens is 1. The molecule has 0 spiro atoms. The maximum Gasteiger partial charge on any atom is 0.273 e. The van der Waals surface area contributed by atoms with Crippen LogP contribution in [0.25, 0.3) is 0 Å². The number of amides is 2. The molecule has 3 rings (SSSR count). The van der Waals surface area contributed by atoms with Crippen LogP contribution in [0, 0.1) is 12.8 Å². The van der Waals surface area contributed by atoms with E-state index >= 15 is 0 Å². The first-order valence-corrected chi connectivity index (χ1v) is 10.2. The molecule has 8 heteroatoms. The first-order chi connectivity index (χ1) is 13.1. The fraction of sp³-hybridized carbons (Fsp3) is 0.450. The van der Waals surface area contributed by atoms with E-state index in [0.29, 0.717) is 51.1 Å². The summed E-state index contributed by atoms with van der Waals surface area (Å²) >= 11 is 1.47. The summed E-state index contributed by atoms with van der Waals surface area (Å²) in [6, 6.07) is 8.15. The molecule has 0 aliphatic carbocycles. The fourth-order valence-corrected chi connectivity index (χ4v) is 3.98. The predicted molar refractivity (Wildman–Crippen MR) is 114 cm³/mol. The Morgan fingerprint density at radius 3 is 2.57 bits per heavy atom. The van der Waals surface area contributed by atoms with Gasteiger partial charge in [-0.25, -0.2) is 4.98 Å².